The van der Waals surface area contributed by atoms with Gasteiger partial charge in [0.05, 0.1) is 18.4 Å². The number of benzene rings is 2. The molecule has 1 aliphatic heterocycles. The number of rotatable bonds is 3. The Morgan fingerprint density at radius 3 is 2.24 bits per heavy atom. The molecule has 21 heavy (non-hydrogen) atoms. The zero-order valence-electron chi connectivity index (χ0n) is 30.3. The summed E-state index contributed by atoms with van der Waals surface area (Å²) in [5.74, 6) is 0. The van der Waals surface area contributed by atoms with Crippen LogP contribution in [-0.2, 0) is 0 Å². The minimum atomic E-state index is -3.97. The van der Waals surface area contributed by atoms with Crippen LogP contribution in [0, 0.1) is 0 Å². The van der Waals surface area contributed by atoms with Gasteiger partial charge in [-0.15, -0.1) is 0 Å². The molecule has 1 unspecified atom stereocenters. The molecule has 2 aromatic rings. The summed E-state index contributed by atoms with van der Waals surface area (Å²) in [5, 5.41) is -0.743. The van der Waals surface area contributed by atoms with Gasteiger partial charge in [-0.25, -0.2) is 0 Å². The molecule has 3 heteroatoms. The molecule has 1 heterocycles. The second kappa shape index (κ2) is 6.61. The molecule has 2 aromatic carbocycles. The summed E-state index contributed by atoms with van der Waals surface area (Å²) in [5.41, 5.74) is -2.09. The van der Waals surface area contributed by atoms with Crippen LogP contribution in [0.2, 0.25) is 5.02 Å². The lowest BCUT2D eigenvalue weighted by molar-refractivity contribution is 0.127. The van der Waals surface area contributed by atoms with Crippen molar-refractivity contribution in [3.63, 3.8) is 0 Å². The molecule has 2 nitrogen and oxygen atoms in total. The van der Waals surface area contributed by atoms with Crippen molar-refractivity contribution in [1.29, 1.82) is 0 Å². The molecule has 1 atom stereocenters. The quantitative estimate of drug-likeness (QED) is 0.851. The molecule has 0 bridgehead atoms. The lowest BCUT2D eigenvalue weighted by atomic mass is 9.96. The number of likely N-dealkylation sites (N-methyl/N-ethyl adjacent to an activating group) is 1. The van der Waals surface area contributed by atoms with Gasteiger partial charge < -0.3 is 4.90 Å². The maximum atomic E-state index is 8.66. The van der Waals surface area contributed by atoms with Gasteiger partial charge in [0.25, 0.3) is 0 Å². The Morgan fingerprint density at radius 1 is 1.00 bits per heavy atom. The van der Waals surface area contributed by atoms with E-state index in [0.29, 0.717) is 0 Å². The van der Waals surface area contributed by atoms with Gasteiger partial charge in [-0.3, -0.25) is 4.90 Å². The van der Waals surface area contributed by atoms with Gasteiger partial charge in [0.1, 0.15) is 0 Å². The van der Waals surface area contributed by atoms with E-state index in [2.05, 4.69) is 0 Å². The largest absolute Gasteiger partial charge is 0.304 e. The van der Waals surface area contributed by atoms with Crippen LogP contribution >= 0.6 is 11.6 Å². The van der Waals surface area contributed by atoms with E-state index in [1.54, 1.807) is 0 Å². The first-order valence-electron chi connectivity index (χ1n) is 15.6. The lowest BCUT2D eigenvalue weighted by Crippen LogP contribution is -2.46. The fraction of sp³-hybridized carbons (Fsp3) is 0.333. The SMILES string of the molecule is [2H]c1c([2H])c([2H])c(C(c2c([2H])c([2H])c(Cl)c([2H])c2[2H])N2C([2H])([2H])C([2H])([2H])N(C([2H])([2H])[2H])C([2H])([2H])C2([2H])[2H])c([2H])c1[2H]. The Morgan fingerprint density at radius 2 is 1.62 bits per heavy atom. The normalized spacial score (nSPS) is 42.5. The van der Waals surface area contributed by atoms with Crippen molar-refractivity contribution < 1.29 is 27.4 Å². The molecule has 0 aromatic heterocycles. The third-order valence-corrected chi connectivity index (χ3v) is 2.69. The summed E-state index contributed by atoms with van der Waals surface area (Å²) < 4.78 is 165. The molecule has 1 aliphatic rings. The Kier molecular flexibility index (Phi) is 1.24. The zero-order chi connectivity index (χ0) is 32.2. The van der Waals surface area contributed by atoms with E-state index < -0.39 is 114 Å². The molecule has 0 spiro atoms. The van der Waals surface area contributed by atoms with Crippen LogP contribution in [-0.4, -0.2) is 42.8 Å². The molecule has 0 amide bonds. The van der Waals surface area contributed by atoms with Crippen molar-refractivity contribution in [2.24, 2.45) is 0 Å². The Bertz CT molecular complexity index is 1260. The monoisotopic (exact) mass is 320 g/mol. The second-order valence-corrected chi connectivity index (χ2v) is 4.20. The van der Waals surface area contributed by atoms with Gasteiger partial charge in [-0.1, -0.05) is 53.9 Å². The van der Waals surface area contributed by atoms with Gasteiger partial charge in [0.15, 0.2) is 0 Å². The molecule has 0 N–H and O–H groups in total. The van der Waals surface area contributed by atoms with Crippen LogP contribution < -0.4 is 0 Å². The lowest BCUT2D eigenvalue weighted by Gasteiger charge is -2.38. The predicted molar refractivity (Wildman–Crippen MR) is 88.8 cm³/mol. The van der Waals surface area contributed by atoms with Crippen molar-refractivity contribution in [2.75, 3.05) is 33.0 Å². The highest BCUT2D eigenvalue weighted by Gasteiger charge is 2.25. The average Bonchev–Trinajstić information content (AvgIpc) is 2.81. The van der Waals surface area contributed by atoms with E-state index in [0.717, 1.165) is 0 Å². The third-order valence-electron chi connectivity index (χ3n) is 2.50. The van der Waals surface area contributed by atoms with Crippen molar-refractivity contribution in [2.45, 2.75) is 6.04 Å². The van der Waals surface area contributed by atoms with Crippen molar-refractivity contribution in [3.8, 4) is 0 Å². The number of hydrogen-bond acceptors (Lipinski definition) is 2. The third kappa shape index (κ3) is 3.46. The smallest absolute Gasteiger partial charge is 0.0639 e. The summed E-state index contributed by atoms with van der Waals surface area (Å²) >= 11 is 5.88. The topological polar surface area (TPSA) is 6.48 Å². The van der Waals surface area contributed by atoms with Gasteiger partial charge in [0, 0.05) is 46.1 Å². The first-order valence-corrected chi connectivity index (χ1v) is 6.02. The van der Waals surface area contributed by atoms with Gasteiger partial charge >= 0.3 is 0 Å². The highest BCUT2D eigenvalue weighted by Crippen LogP contribution is 2.30. The highest BCUT2D eigenvalue weighted by molar-refractivity contribution is 6.30. The molecule has 110 valence electrons. The number of halogens is 1. The van der Waals surface area contributed by atoms with E-state index in [4.69, 9.17) is 39.0 Å². The number of piperazine rings is 1. The summed E-state index contributed by atoms with van der Waals surface area (Å²) in [6.45, 7) is -19.6. The maximum absolute atomic E-state index is 8.66. The Labute approximate surface area is 160 Å². The van der Waals surface area contributed by atoms with E-state index in [-0.39, 0.29) is 4.90 Å². The number of hydrogen-bond donors (Lipinski definition) is 0. The zero-order valence-corrected chi connectivity index (χ0v) is 11.1. The summed E-state index contributed by atoms with van der Waals surface area (Å²) in [4.78, 5) is -0.923. The van der Waals surface area contributed by atoms with Crippen LogP contribution in [0.3, 0.4) is 0 Å². The molecular formula is C18H21ClN2. The highest BCUT2D eigenvalue weighted by atomic mass is 35.5. The molecule has 0 aliphatic carbocycles. The predicted octanol–water partition coefficient (Wildman–Crippen LogP) is 3.68. The first-order chi connectivity index (χ1) is 18.2. The van der Waals surface area contributed by atoms with E-state index in [1.165, 1.54) is 0 Å². The molecule has 0 radical (unpaired) electrons. The Hall–Kier alpha value is -1.35. The summed E-state index contributed by atoms with van der Waals surface area (Å²) in [7, 11) is 0. The van der Waals surface area contributed by atoms with Crippen molar-refractivity contribution in [3.05, 3.63) is 70.5 Å². The molecule has 1 saturated heterocycles. The van der Waals surface area contributed by atoms with Crippen LogP contribution in [0.5, 0.6) is 0 Å². The van der Waals surface area contributed by atoms with E-state index in [1.807, 2.05) is 0 Å². The summed E-state index contributed by atoms with van der Waals surface area (Å²) in [6.07, 6.45) is 0. The van der Waals surface area contributed by atoms with Crippen LogP contribution in [0.4, 0.5) is 0 Å². The van der Waals surface area contributed by atoms with Crippen LogP contribution in [0.15, 0.2) is 54.4 Å². The Balaban J connectivity index is 2.68. The molecule has 3 rings (SSSR count). The van der Waals surface area contributed by atoms with E-state index in [9.17, 15) is 0 Å². The van der Waals surface area contributed by atoms with Gasteiger partial charge in [-0.2, -0.15) is 0 Å². The second-order valence-electron chi connectivity index (χ2n) is 3.82. The van der Waals surface area contributed by atoms with Crippen molar-refractivity contribution in [1.82, 2.24) is 9.80 Å². The molecule has 1 fully saturated rings. The standard InChI is InChI=1S/C18H21ClN2/c1-20-11-13-21(14-12-20)18(15-5-3-2-4-6-15)16-7-9-17(19)10-8-16/h2-10,18H,11-14H2,1H3/i1D3,2D,3D,4D,5D,6D,7D,8D,9D,10D,11D2,12D2,13D2,14D2. The van der Waals surface area contributed by atoms with E-state index >= 15 is 0 Å². The fourth-order valence-corrected chi connectivity index (χ4v) is 1.73. The fourth-order valence-electron chi connectivity index (χ4n) is 1.64. The minimum absolute atomic E-state index is 0.283. The minimum Gasteiger partial charge on any atom is -0.304 e. The van der Waals surface area contributed by atoms with Crippen LogP contribution in [0.1, 0.15) is 44.6 Å². The summed E-state index contributed by atoms with van der Waals surface area (Å²) in [6, 6.07) is -12.1. The average molecular weight is 321 g/mol. The first kappa shape index (κ1) is 3.94. The number of nitrogens with zero attached hydrogens (tertiary/aromatic N) is 2. The van der Waals surface area contributed by atoms with Gasteiger partial charge in [-0.05, 0) is 30.2 Å². The molecular weight excluding hydrogens is 280 g/mol. The van der Waals surface area contributed by atoms with Crippen molar-refractivity contribution >= 4 is 11.6 Å². The maximum Gasteiger partial charge on any atom is 0.0639 e. The molecule has 0 saturated carbocycles. The van der Waals surface area contributed by atoms with Gasteiger partial charge in [0.2, 0.25) is 0 Å². The van der Waals surface area contributed by atoms with Crippen LogP contribution in [0.25, 0.3) is 0 Å².